The van der Waals surface area contributed by atoms with Gasteiger partial charge in [-0.05, 0) is 60.9 Å². The number of carbonyl (C=O) groups excluding carboxylic acids is 1. The van der Waals surface area contributed by atoms with Gasteiger partial charge in [-0.2, -0.15) is 10.2 Å². The van der Waals surface area contributed by atoms with E-state index in [1.54, 1.807) is 16.2 Å². The van der Waals surface area contributed by atoms with Gasteiger partial charge in [0.25, 0.3) is 5.91 Å². The van der Waals surface area contributed by atoms with Crippen LogP contribution in [-0.4, -0.2) is 24.0 Å². The van der Waals surface area contributed by atoms with Crippen LogP contribution in [0, 0.1) is 0 Å². The number of ether oxygens (including phenoxy) is 1. The summed E-state index contributed by atoms with van der Waals surface area (Å²) in [6.45, 7) is 2.88. The molecule has 0 bridgehead atoms. The molecule has 0 fully saturated rings. The van der Waals surface area contributed by atoms with Crippen molar-refractivity contribution in [3.63, 3.8) is 0 Å². The number of nitrogens with zero attached hydrogens (tertiary/aromatic N) is 3. The minimum Gasteiger partial charge on any atom is -0.484 e. The van der Waals surface area contributed by atoms with Crippen molar-refractivity contribution in [3.05, 3.63) is 63.1 Å². The van der Waals surface area contributed by atoms with Crippen LogP contribution in [0.2, 0.25) is 0 Å². The van der Waals surface area contributed by atoms with E-state index in [-0.39, 0.29) is 12.5 Å². The third-order valence-electron chi connectivity index (χ3n) is 4.81. The molecule has 0 saturated heterocycles. The molecule has 1 aliphatic carbocycles. The number of aryl methyl sites for hydroxylation is 2. The third-order valence-corrected chi connectivity index (χ3v) is 5.67. The fourth-order valence-corrected chi connectivity index (χ4v) is 4.11. The topological polar surface area (TPSA) is 54.3 Å². The molecule has 26 heavy (non-hydrogen) atoms. The molecule has 2 aromatic rings. The zero-order chi connectivity index (χ0) is 17.9. The van der Waals surface area contributed by atoms with Crippen LogP contribution in [0.1, 0.15) is 29.3 Å². The lowest BCUT2D eigenvalue weighted by atomic mass is 10.1. The lowest BCUT2D eigenvalue weighted by Gasteiger charge is -2.23. The Morgan fingerprint density at radius 2 is 2.15 bits per heavy atom. The van der Waals surface area contributed by atoms with Crippen LogP contribution in [0.3, 0.4) is 0 Å². The van der Waals surface area contributed by atoms with Crippen molar-refractivity contribution in [2.75, 3.05) is 13.2 Å². The van der Waals surface area contributed by atoms with E-state index >= 15 is 0 Å². The summed E-state index contributed by atoms with van der Waals surface area (Å²) in [5, 5.41) is 10.2. The molecule has 6 heteroatoms. The first kappa shape index (κ1) is 17.0. The van der Waals surface area contributed by atoms with E-state index in [2.05, 4.69) is 22.4 Å². The summed E-state index contributed by atoms with van der Waals surface area (Å²) in [7, 11) is 0. The molecule has 1 aromatic heterocycles. The van der Waals surface area contributed by atoms with Gasteiger partial charge in [0, 0.05) is 4.88 Å². The Balaban J connectivity index is 1.46. The molecule has 134 valence electrons. The molecule has 0 spiro atoms. The second-order valence-electron chi connectivity index (χ2n) is 6.56. The Labute approximate surface area is 157 Å². The first-order chi connectivity index (χ1) is 12.7. The normalized spacial score (nSPS) is 15.4. The van der Waals surface area contributed by atoms with Gasteiger partial charge in [0.2, 0.25) is 0 Å². The molecule has 1 aromatic carbocycles. The molecule has 0 N–H and O–H groups in total. The Bertz CT molecular complexity index is 871. The third kappa shape index (κ3) is 3.55. The quantitative estimate of drug-likeness (QED) is 0.762. The number of amides is 1. The molecule has 0 saturated carbocycles. The Hall–Kier alpha value is -2.47. The smallest absolute Gasteiger partial charge is 0.265 e. The van der Waals surface area contributed by atoms with E-state index in [0.717, 1.165) is 34.9 Å². The van der Waals surface area contributed by atoms with Gasteiger partial charge in [-0.1, -0.05) is 12.1 Å². The molecule has 1 amide bonds. The lowest BCUT2D eigenvalue weighted by molar-refractivity contribution is -0.132. The van der Waals surface area contributed by atoms with Gasteiger partial charge in [0.15, 0.2) is 6.61 Å². The van der Waals surface area contributed by atoms with Gasteiger partial charge < -0.3 is 9.64 Å². The molecular formula is C20H21N3O2S. The van der Waals surface area contributed by atoms with E-state index in [0.29, 0.717) is 13.1 Å². The van der Waals surface area contributed by atoms with Crippen LogP contribution in [0.25, 0.3) is 0 Å². The van der Waals surface area contributed by atoms with Crippen LogP contribution in [0.5, 0.6) is 5.75 Å². The number of rotatable bonds is 6. The summed E-state index contributed by atoms with van der Waals surface area (Å²) < 4.78 is 5.82. The van der Waals surface area contributed by atoms with Crippen molar-refractivity contribution in [3.8, 4) is 5.75 Å². The van der Waals surface area contributed by atoms with Crippen molar-refractivity contribution in [2.45, 2.75) is 32.7 Å². The van der Waals surface area contributed by atoms with Gasteiger partial charge in [-0.3, -0.25) is 4.79 Å². The monoisotopic (exact) mass is 367 g/mol. The maximum Gasteiger partial charge on any atom is 0.265 e. The van der Waals surface area contributed by atoms with Gasteiger partial charge in [-0.25, -0.2) is 0 Å². The van der Waals surface area contributed by atoms with Crippen LogP contribution < -0.4 is 4.74 Å². The number of hydrogen-bond acceptors (Lipinski definition) is 5. The highest BCUT2D eigenvalue weighted by Gasteiger charge is 2.24. The minimum atomic E-state index is -0.0689. The molecule has 0 atom stereocenters. The number of thiophene rings is 1. The Morgan fingerprint density at radius 1 is 1.27 bits per heavy atom. The van der Waals surface area contributed by atoms with Crippen molar-refractivity contribution < 1.29 is 9.53 Å². The Morgan fingerprint density at radius 3 is 2.92 bits per heavy atom. The van der Waals surface area contributed by atoms with Gasteiger partial charge in [0.05, 0.1) is 17.9 Å². The van der Waals surface area contributed by atoms with Crippen LogP contribution in [-0.2, 0) is 24.2 Å². The number of azo groups is 1. The van der Waals surface area contributed by atoms with Crippen molar-refractivity contribution in [2.24, 2.45) is 10.2 Å². The van der Waals surface area contributed by atoms with E-state index in [9.17, 15) is 4.79 Å². The van der Waals surface area contributed by atoms with E-state index < -0.39 is 0 Å². The average Bonchev–Trinajstić information content (AvgIpc) is 3.39. The number of benzene rings is 1. The Kier molecular flexibility index (Phi) is 4.84. The first-order valence-corrected chi connectivity index (χ1v) is 9.73. The zero-order valence-electron chi connectivity index (χ0n) is 14.8. The first-order valence-electron chi connectivity index (χ1n) is 8.85. The molecule has 2 aliphatic rings. The van der Waals surface area contributed by atoms with Crippen molar-refractivity contribution in [1.82, 2.24) is 4.90 Å². The minimum absolute atomic E-state index is 0.0148. The second-order valence-corrected chi connectivity index (χ2v) is 7.60. The average molecular weight is 367 g/mol. The lowest BCUT2D eigenvalue weighted by Crippen LogP contribution is -2.34. The van der Waals surface area contributed by atoms with Gasteiger partial charge in [0.1, 0.15) is 12.3 Å². The fraction of sp³-hybridized carbons (Fsp3) is 0.350. The second kappa shape index (κ2) is 7.41. The summed E-state index contributed by atoms with van der Waals surface area (Å²) >= 11 is 1.64. The predicted molar refractivity (Wildman–Crippen MR) is 101 cm³/mol. The highest BCUT2D eigenvalue weighted by Crippen LogP contribution is 2.27. The number of hydrogen-bond donors (Lipinski definition) is 0. The molecule has 0 unspecified atom stereocenters. The van der Waals surface area contributed by atoms with Crippen LogP contribution >= 0.6 is 11.3 Å². The highest BCUT2D eigenvalue weighted by molar-refractivity contribution is 7.09. The van der Waals surface area contributed by atoms with Gasteiger partial charge >= 0.3 is 0 Å². The molecule has 5 nitrogen and oxygen atoms in total. The summed E-state index contributed by atoms with van der Waals surface area (Å²) in [5.41, 5.74) is 4.41. The van der Waals surface area contributed by atoms with Crippen LogP contribution in [0.15, 0.2) is 57.3 Å². The molecule has 1 aliphatic heterocycles. The largest absolute Gasteiger partial charge is 0.484 e. The summed E-state index contributed by atoms with van der Waals surface area (Å²) in [5.74, 6) is 0.696. The molecule has 0 radical (unpaired) electrons. The summed E-state index contributed by atoms with van der Waals surface area (Å²) in [4.78, 5) is 15.8. The van der Waals surface area contributed by atoms with Crippen molar-refractivity contribution in [1.29, 1.82) is 0 Å². The number of allylic oxidation sites excluding steroid dienone is 1. The van der Waals surface area contributed by atoms with Gasteiger partial charge in [-0.15, -0.1) is 11.3 Å². The predicted octanol–water partition coefficient (Wildman–Crippen LogP) is 4.34. The highest BCUT2D eigenvalue weighted by atomic mass is 32.1. The summed E-state index contributed by atoms with van der Waals surface area (Å²) in [6, 6.07) is 10.2. The number of fused-ring (bicyclic) bond motifs is 1. The molecular weight excluding hydrogens is 346 g/mol. The SMILES string of the molecule is CC1=C(N(Cc2cccs2)C(=O)COc2ccc3c(c2)CCC3)CN=N1. The zero-order valence-corrected chi connectivity index (χ0v) is 15.6. The van der Waals surface area contributed by atoms with Crippen LogP contribution in [0.4, 0.5) is 0 Å². The maximum absolute atomic E-state index is 12.9. The van der Waals surface area contributed by atoms with Crippen molar-refractivity contribution >= 4 is 17.2 Å². The summed E-state index contributed by atoms with van der Waals surface area (Å²) in [6.07, 6.45) is 3.44. The van der Waals surface area contributed by atoms with E-state index in [1.165, 1.54) is 17.5 Å². The number of carbonyl (C=O) groups is 1. The fourth-order valence-electron chi connectivity index (χ4n) is 3.41. The molecule has 2 heterocycles. The van der Waals surface area contributed by atoms with E-state index in [1.807, 2.05) is 30.5 Å². The van der Waals surface area contributed by atoms with E-state index in [4.69, 9.17) is 4.74 Å². The molecule has 4 rings (SSSR count). The standard InChI is InChI=1S/C20H21N3O2S/c1-14-19(11-21-22-14)23(12-18-6-3-9-26-18)20(24)13-25-17-8-7-15-4-2-5-16(15)10-17/h3,6-10H,2,4-5,11-13H2,1H3. The maximum atomic E-state index is 12.9.